The average Bonchev–Trinajstić information content (AvgIpc) is 2.53. The minimum atomic E-state index is -0.280. The molecule has 0 fully saturated rings. The Kier molecular flexibility index (Phi) is 4.99. The number of rotatable bonds is 4. The molecule has 112 valence electrons. The van der Waals surface area contributed by atoms with E-state index in [0.717, 1.165) is 16.9 Å². The van der Waals surface area contributed by atoms with Gasteiger partial charge in [0.25, 0.3) is 0 Å². The summed E-state index contributed by atoms with van der Waals surface area (Å²) >= 11 is 0. The van der Waals surface area contributed by atoms with Crippen LogP contribution in [0.4, 0.5) is 16.3 Å². The van der Waals surface area contributed by atoms with Crippen LogP contribution in [0, 0.1) is 12.3 Å². The number of nitrogens with one attached hydrogen (secondary N) is 2. The fourth-order valence-electron chi connectivity index (χ4n) is 1.86. The first-order valence-electron chi connectivity index (χ1n) is 6.82. The summed E-state index contributed by atoms with van der Waals surface area (Å²) in [5, 5.41) is 5.56. The van der Waals surface area contributed by atoms with Gasteiger partial charge in [0.15, 0.2) is 0 Å². The molecule has 1 heterocycles. The number of carbonyl (C=O) groups is 1. The number of urea groups is 1. The van der Waals surface area contributed by atoms with E-state index >= 15 is 0 Å². The van der Waals surface area contributed by atoms with Gasteiger partial charge in [-0.3, -0.25) is 0 Å². The van der Waals surface area contributed by atoms with Crippen molar-refractivity contribution in [3.05, 3.63) is 53.7 Å². The monoisotopic (exact) mass is 294 g/mol. The van der Waals surface area contributed by atoms with Crippen LogP contribution in [-0.2, 0) is 6.54 Å². The second-order valence-corrected chi connectivity index (χ2v) is 4.95. The molecule has 2 amide bonds. The van der Waals surface area contributed by atoms with E-state index in [4.69, 9.17) is 6.42 Å². The van der Waals surface area contributed by atoms with Gasteiger partial charge in [-0.2, -0.15) is 0 Å². The molecule has 0 unspecified atom stereocenters. The molecule has 0 radical (unpaired) electrons. The minimum absolute atomic E-state index is 0.280. The van der Waals surface area contributed by atoms with Gasteiger partial charge in [-0.05, 0) is 35.9 Å². The van der Waals surface area contributed by atoms with Gasteiger partial charge in [0.05, 0.1) is 0 Å². The summed E-state index contributed by atoms with van der Waals surface area (Å²) in [5.41, 5.74) is 2.37. The number of nitrogens with zero attached hydrogens (tertiary/aromatic N) is 2. The Morgan fingerprint density at radius 2 is 2.14 bits per heavy atom. The van der Waals surface area contributed by atoms with E-state index in [-0.39, 0.29) is 6.03 Å². The molecule has 5 nitrogen and oxygen atoms in total. The van der Waals surface area contributed by atoms with Crippen LogP contribution in [0.3, 0.4) is 0 Å². The van der Waals surface area contributed by atoms with Crippen molar-refractivity contribution in [1.82, 2.24) is 10.3 Å². The van der Waals surface area contributed by atoms with E-state index in [1.54, 1.807) is 24.4 Å². The van der Waals surface area contributed by atoms with Crippen molar-refractivity contribution in [3.8, 4) is 12.3 Å². The summed E-state index contributed by atoms with van der Waals surface area (Å²) in [6.07, 6.45) is 7.06. The van der Waals surface area contributed by atoms with Gasteiger partial charge in [0.2, 0.25) is 0 Å². The maximum atomic E-state index is 11.9. The normalized spacial score (nSPS) is 9.68. The fraction of sp³-hybridized carbons (Fsp3) is 0.176. The number of carbonyl (C=O) groups excluding carboxylic acids is 1. The van der Waals surface area contributed by atoms with Crippen molar-refractivity contribution < 1.29 is 4.79 Å². The van der Waals surface area contributed by atoms with E-state index in [1.807, 2.05) is 37.2 Å². The third-order valence-corrected chi connectivity index (χ3v) is 3.01. The predicted octanol–water partition coefficient (Wildman–Crippen LogP) is 2.45. The summed E-state index contributed by atoms with van der Waals surface area (Å²) in [7, 11) is 3.84. The van der Waals surface area contributed by atoms with Gasteiger partial charge < -0.3 is 15.5 Å². The quantitative estimate of drug-likeness (QED) is 0.852. The van der Waals surface area contributed by atoms with Crippen molar-refractivity contribution in [2.75, 3.05) is 24.3 Å². The maximum absolute atomic E-state index is 11.9. The summed E-state index contributed by atoms with van der Waals surface area (Å²) in [4.78, 5) is 18.0. The van der Waals surface area contributed by atoms with Gasteiger partial charge in [0, 0.05) is 38.1 Å². The van der Waals surface area contributed by atoms with Crippen LogP contribution in [0.2, 0.25) is 0 Å². The van der Waals surface area contributed by atoms with Crippen LogP contribution in [0.15, 0.2) is 42.6 Å². The van der Waals surface area contributed by atoms with E-state index in [1.165, 1.54) is 0 Å². The van der Waals surface area contributed by atoms with Gasteiger partial charge in [-0.25, -0.2) is 9.78 Å². The molecule has 0 aliphatic rings. The van der Waals surface area contributed by atoms with Gasteiger partial charge in [0.1, 0.15) is 5.82 Å². The zero-order valence-electron chi connectivity index (χ0n) is 12.6. The zero-order chi connectivity index (χ0) is 15.9. The molecule has 0 aliphatic heterocycles. The Balaban J connectivity index is 1.92. The lowest BCUT2D eigenvalue weighted by molar-refractivity contribution is 0.251. The first-order chi connectivity index (χ1) is 10.6. The number of hydrogen-bond acceptors (Lipinski definition) is 3. The van der Waals surface area contributed by atoms with Crippen LogP contribution in [0.1, 0.15) is 11.1 Å². The number of hydrogen-bond donors (Lipinski definition) is 2. The van der Waals surface area contributed by atoms with Crippen LogP contribution in [-0.4, -0.2) is 25.1 Å². The predicted molar refractivity (Wildman–Crippen MR) is 88.8 cm³/mol. The van der Waals surface area contributed by atoms with E-state index in [9.17, 15) is 4.79 Å². The maximum Gasteiger partial charge on any atom is 0.319 e. The first kappa shape index (κ1) is 15.4. The van der Waals surface area contributed by atoms with Crippen molar-refractivity contribution in [3.63, 3.8) is 0 Å². The minimum Gasteiger partial charge on any atom is -0.363 e. The fourth-order valence-corrected chi connectivity index (χ4v) is 1.86. The molecule has 1 aromatic heterocycles. The molecular weight excluding hydrogens is 276 g/mol. The lowest BCUT2D eigenvalue weighted by atomic mass is 10.2. The number of pyridine rings is 1. The molecule has 1 aromatic carbocycles. The highest BCUT2D eigenvalue weighted by molar-refractivity contribution is 5.89. The molecule has 0 atom stereocenters. The Morgan fingerprint density at radius 3 is 2.86 bits per heavy atom. The largest absolute Gasteiger partial charge is 0.363 e. The SMILES string of the molecule is C#Cc1cccc(NC(=O)NCc2ccnc(N(C)C)c2)c1. The van der Waals surface area contributed by atoms with Crippen molar-refractivity contribution in [1.29, 1.82) is 0 Å². The molecule has 2 aromatic rings. The zero-order valence-corrected chi connectivity index (χ0v) is 12.6. The second kappa shape index (κ2) is 7.14. The van der Waals surface area contributed by atoms with Gasteiger partial charge >= 0.3 is 6.03 Å². The smallest absolute Gasteiger partial charge is 0.319 e. The molecule has 0 aliphatic carbocycles. The topological polar surface area (TPSA) is 57.3 Å². The van der Waals surface area contributed by atoms with Gasteiger partial charge in [-0.15, -0.1) is 6.42 Å². The molecule has 22 heavy (non-hydrogen) atoms. The Hall–Kier alpha value is -3.00. The van der Waals surface area contributed by atoms with Crippen LogP contribution in [0.5, 0.6) is 0 Å². The number of amides is 2. The second-order valence-electron chi connectivity index (χ2n) is 4.95. The summed E-state index contributed by atoms with van der Waals surface area (Å²) in [6.45, 7) is 0.421. The Bertz CT molecular complexity index is 704. The molecule has 5 heteroatoms. The molecule has 0 bridgehead atoms. The molecular formula is C17H18N4O. The van der Waals surface area contributed by atoms with Gasteiger partial charge in [-0.1, -0.05) is 12.0 Å². The van der Waals surface area contributed by atoms with E-state index in [0.29, 0.717) is 12.2 Å². The first-order valence-corrected chi connectivity index (χ1v) is 6.82. The van der Waals surface area contributed by atoms with Crippen molar-refractivity contribution in [2.24, 2.45) is 0 Å². The Labute approximate surface area is 130 Å². The molecule has 0 saturated heterocycles. The van der Waals surface area contributed by atoms with Crippen LogP contribution >= 0.6 is 0 Å². The third-order valence-electron chi connectivity index (χ3n) is 3.01. The van der Waals surface area contributed by atoms with Crippen LogP contribution in [0.25, 0.3) is 0 Å². The van der Waals surface area contributed by atoms with Crippen molar-refractivity contribution >= 4 is 17.5 Å². The van der Waals surface area contributed by atoms with Crippen LogP contribution < -0.4 is 15.5 Å². The lowest BCUT2D eigenvalue weighted by Gasteiger charge is -2.13. The number of aromatic nitrogens is 1. The summed E-state index contributed by atoms with van der Waals surface area (Å²) < 4.78 is 0. The number of anilines is 2. The highest BCUT2D eigenvalue weighted by Gasteiger charge is 2.04. The molecule has 0 saturated carbocycles. The number of benzene rings is 1. The highest BCUT2D eigenvalue weighted by atomic mass is 16.2. The highest BCUT2D eigenvalue weighted by Crippen LogP contribution is 2.11. The molecule has 2 N–H and O–H groups in total. The summed E-state index contributed by atoms with van der Waals surface area (Å²) in [6, 6.07) is 10.7. The Morgan fingerprint density at radius 1 is 1.32 bits per heavy atom. The van der Waals surface area contributed by atoms with E-state index < -0.39 is 0 Å². The average molecular weight is 294 g/mol. The van der Waals surface area contributed by atoms with Crippen molar-refractivity contribution in [2.45, 2.75) is 6.54 Å². The third kappa shape index (κ3) is 4.25. The molecule has 2 rings (SSSR count). The standard InChI is InChI=1S/C17H18N4O/c1-4-13-6-5-7-15(10-13)20-17(22)19-12-14-8-9-18-16(11-14)21(2)3/h1,5-11H,12H2,2-3H3,(H2,19,20,22). The van der Waals surface area contributed by atoms with E-state index in [2.05, 4.69) is 21.5 Å². The lowest BCUT2D eigenvalue weighted by Crippen LogP contribution is -2.28. The molecule has 0 spiro atoms. The number of terminal acetylenes is 1. The summed E-state index contributed by atoms with van der Waals surface area (Å²) in [5.74, 6) is 3.38.